The third-order valence-corrected chi connectivity index (χ3v) is 4.72. The van der Waals surface area contributed by atoms with Gasteiger partial charge in [0, 0.05) is 17.4 Å². The first-order valence-corrected chi connectivity index (χ1v) is 9.42. The molecular weight excluding hydrogens is 380 g/mol. The third kappa shape index (κ3) is 3.91. The summed E-state index contributed by atoms with van der Waals surface area (Å²) in [5, 5.41) is 5.78. The SMILES string of the molecule is COc1ccc(NC(=O)Nc2c(-c3ccc(OC)cc3)nc3cc(C)ccn23)cc1. The van der Waals surface area contributed by atoms with Gasteiger partial charge in [0.25, 0.3) is 0 Å². The van der Waals surface area contributed by atoms with Gasteiger partial charge in [0.05, 0.1) is 14.2 Å². The second-order valence-corrected chi connectivity index (χ2v) is 6.78. The number of imidazole rings is 1. The molecule has 4 aromatic rings. The number of anilines is 2. The topological polar surface area (TPSA) is 76.9 Å². The van der Waals surface area contributed by atoms with Crippen molar-refractivity contribution in [1.82, 2.24) is 9.38 Å². The van der Waals surface area contributed by atoms with Crippen LogP contribution in [0.15, 0.2) is 66.9 Å². The first-order chi connectivity index (χ1) is 14.6. The Morgan fingerprint density at radius 3 is 2.17 bits per heavy atom. The van der Waals surface area contributed by atoms with Crippen molar-refractivity contribution in [2.45, 2.75) is 6.92 Å². The number of rotatable bonds is 5. The molecule has 0 aliphatic heterocycles. The molecule has 4 rings (SSSR count). The van der Waals surface area contributed by atoms with Gasteiger partial charge in [-0.15, -0.1) is 0 Å². The quantitative estimate of drug-likeness (QED) is 0.494. The predicted octanol–water partition coefficient (Wildman–Crippen LogP) is 4.97. The number of carbonyl (C=O) groups is 1. The van der Waals surface area contributed by atoms with Gasteiger partial charge < -0.3 is 14.8 Å². The van der Waals surface area contributed by atoms with Crippen LogP contribution in [0.4, 0.5) is 16.3 Å². The van der Waals surface area contributed by atoms with Crippen LogP contribution in [-0.2, 0) is 0 Å². The van der Waals surface area contributed by atoms with Crippen LogP contribution in [0.1, 0.15) is 5.56 Å². The molecule has 2 heterocycles. The molecule has 2 aromatic heterocycles. The Balaban J connectivity index is 1.67. The molecule has 2 N–H and O–H groups in total. The molecule has 152 valence electrons. The number of amides is 2. The van der Waals surface area contributed by atoms with E-state index in [0.717, 1.165) is 28.3 Å². The van der Waals surface area contributed by atoms with E-state index in [-0.39, 0.29) is 6.03 Å². The summed E-state index contributed by atoms with van der Waals surface area (Å²) in [4.78, 5) is 17.5. The number of nitrogens with zero attached hydrogens (tertiary/aromatic N) is 2. The molecule has 0 radical (unpaired) electrons. The number of fused-ring (bicyclic) bond motifs is 1. The van der Waals surface area contributed by atoms with Gasteiger partial charge in [0.15, 0.2) is 0 Å². The Morgan fingerprint density at radius 2 is 1.53 bits per heavy atom. The van der Waals surface area contributed by atoms with E-state index in [9.17, 15) is 4.79 Å². The van der Waals surface area contributed by atoms with E-state index in [1.165, 1.54) is 0 Å². The fraction of sp³-hybridized carbons (Fsp3) is 0.130. The Bertz CT molecular complexity index is 1180. The number of carbonyl (C=O) groups excluding carboxylic acids is 1. The molecule has 0 aliphatic carbocycles. The maximum Gasteiger partial charge on any atom is 0.324 e. The monoisotopic (exact) mass is 402 g/mol. The molecule has 0 saturated carbocycles. The number of hydrogen-bond donors (Lipinski definition) is 2. The molecular formula is C23H22N4O3. The van der Waals surface area contributed by atoms with Crippen LogP contribution < -0.4 is 20.1 Å². The van der Waals surface area contributed by atoms with E-state index >= 15 is 0 Å². The van der Waals surface area contributed by atoms with Gasteiger partial charge in [-0.3, -0.25) is 9.72 Å². The normalized spacial score (nSPS) is 10.6. The van der Waals surface area contributed by atoms with Crippen LogP contribution >= 0.6 is 0 Å². The van der Waals surface area contributed by atoms with Crippen molar-refractivity contribution in [3.8, 4) is 22.8 Å². The van der Waals surface area contributed by atoms with Crippen LogP contribution in [0.5, 0.6) is 11.5 Å². The van der Waals surface area contributed by atoms with Gasteiger partial charge in [-0.05, 0) is 73.2 Å². The number of ether oxygens (including phenoxy) is 2. The van der Waals surface area contributed by atoms with E-state index in [1.54, 1.807) is 38.5 Å². The predicted molar refractivity (Wildman–Crippen MR) is 118 cm³/mol. The highest BCUT2D eigenvalue weighted by Crippen LogP contribution is 2.30. The number of aromatic nitrogens is 2. The molecule has 0 aliphatic rings. The van der Waals surface area contributed by atoms with E-state index in [2.05, 4.69) is 10.6 Å². The summed E-state index contributed by atoms with van der Waals surface area (Å²) in [5.74, 6) is 2.06. The summed E-state index contributed by atoms with van der Waals surface area (Å²) in [5.41, 5.74) is 4.04. The smallest absolute Gasteiger partial charge is 0.324 e. The van der Waals surface area contributed by atoms with Gasteiger partial charge in [-0.25, -0.2) is 9.78 Å². The third-order valence-electron chi connectivity index (χ3n) is 4.72. The van der Waals surface area contributed by atoms with E-state index < -0.39 is 0 Å². The Morgan fingerprint density at radius 1 is 0.900 bits per heavy atom. The summed E-state index contributed by atoms with van der Waals surface area (Å²) in [6, 6.07) is 18.3. The number of aryl methyl sites for hydroxylation is 1. The highest BCUT2D eigenvalue weighted by atomic mass is 16.5. The maximum absolute atomic E-state index is 12.7. The molecule has 30 heavy (non-hydrogen) atoms. The largest absolute Gasteiger partial charge is 0.497 e. The average molecular weight is 402 g/mol. The number of methoxy groups -OCH3 is 2. The standard InChI is InChI=1S/C23H22N4O3/c1-15-12-13-27-20(14-15)25-21(16-4-8-18(29-2)9-5-16)22(27)26-23(28)24-17-6-10-19(30-3)11-7-17/h4-14H,1-3H3,(H2,24,26,28). The number of nitrogens with one attached hydrogen (secondary N) is 2. The molecule has 0 fully saturated rings. The molecule has 0 spiro atoms. The van der Waals surface area contributed by atoms with Crippen LogP contribution in [-0.4, -0.2) is 29.6 Å². The van der Waals surface area contributed by atoms with Crippen molar-refractivity contribution in [2.75, 3.05) is 24.9 Å². The minimum absolute atomic E-state index is 0.364. The van der Waals surface area contributed by atoms with Gasteiger partial charge in [0.2, 0.25) is 0 Å². The van der Waals surface area contributed by atoms with Crippen molar-refractivity contribution >= 4 is 23.2 Å². The van der Waals surface area contributed by atoms with Gasteiger partial charge in [-0.1, -0.05) is 0 Å². The van der Waals surface area contributed by atoms with Gasteiger partial charge in [-0.2, -0.15) is 0 Å². The molecule has 0 unspecified atom stereocenters. The number of pyridine rings is 1. The molecule has 2 amide bonds. The van der Waals surface area contributed by atoms with Crippen LogP contribution in [0.2, 0.25) is 0 Å². The molecule has 7 nitrogen and oxygen atoms in total. The van der Waals surface area contributed by atoms with Crippen LogP contribution in [0, 0.1) is 6.92 Å². The molecule has 0 bridgehead atoms. The Kier molecular flexibility index (Phi) is 5.26. The average Bonchev–Trinajstić information content (AvgIpc) is 3.11. The first-order valence-electron chi connectivity index (χ1n) is 9.42. The summed E-state index contributed by atoms with van der Waals surface area (Å²) < 4.78 is 12.3. The molecule has 2 aromatic carbocycles. The highest BCUT2D eigenvalue weighted by Gasteiger charge is 2.17. The van der Waals surface area contributed by atoms with Crippen molar-refractivity contribution in [1.29, 1.82) is 0 Å². The zero-order valence-corrected chi connectivity index (χ0v) is 17.0. The second kappa shape index (κ2) is 8.16. The Hall–Kier alpha value is -4.00. The van der Waals surface area contributed by atoms with Gasteiger partial charge >= 0.3 is 6.03 Å². The minimum Gasteiger partial charge on any atom is -0.497 e. The molecule has 0 saturated heterocycles. The van der Waals surface area contributed by atoms with Crippen molar-refractivity contribution in [3.05, 3.63) is 72.4 Å². The zero-order chi connectivity index (χ0) is 21.1. The first kappa shape index (κ1) is 19.3. The lowest BCUT2D eigenvalue weighted by Crippen LogP contribution is -2.20. The molecule has 7 heteroatoms. The summed E-state index contributed by atoms with van der Waals surface area (Å²) in [7, 11) is 3.22. The zero-order valence-electron chi connectivity index (χ0n) is 17.0. The second-order valence-electron chi connectivity index (χ2n) is 6.78. The van der Waals surface area contributed by atoms with E-state index in [0.29, 0.717) is 17.2 Å². The highest BCUT2D eigenvalue weighted by molar-refractivity contribution is 6.01. The van der Waals surface area contributed by atoms with Crippen molar-refractivity contribution in [3.63, 3.8) is 0 Å². The van der Waals surface area contributed by atoms with Crippen LogP contribution in [0.3, 0.4) is 0 Å². The fourth-order valence-corrected chi connectivity index (χ4v) is 3.16. The van der Waals surface area contributed by atoms with Crippen molar-refractivity contribution in [2.24, 2.45) is 0 Å². The number of urea groups is 1. The number of benzene rings is 2. The molecule has 0 atom stereocenters. The minimum atomic E-state index is -0.364. The lowest BCUT2D eigenvalue weighted by Gasteiger charge is -2.10. The lowest BCUT2D eigenvalue weighted by atomic mass is 10.1. The fourth-order valence-electron chi connectivity index (χ4n) is 3.16. The Labute approximate surface area is 174 Å². The van der Waals surface area contributed by atoms with E-state index in [1.807, 2.05) is 53.9 Å². The van der Waals surface area contributed by atoms with Gasteiger partial charge in [0.1, 0.15) is 28.7 Å². The summed E-state index contributed by atoms with van der Waals surface area (Å²) in [6.07, 6.45) is 1.90. The van der Waals surface area contributed by atoms with E-state index in [4.69, 9.17) is 14.5 Å². The number of hydrogen-bond acceptors (Lipinski definition) is 4. The summed E-state index contributed by atoms with van der Waals surface area (Å²) in [6.45, 7) is 2.01. The van der Waals surface area contributed by atoms with Crippen molar-refractivity contribution < 1.29 is 14.3 Å². The lowest BCUT2D eigenvalue weighted by molar-refractivity contribution is 0.262. The maximum atomic E-state index is 12.7. The summed E-state index contributed by atoms with van der Waals surface area (Å²) >= 11 is 0. The van der Waals surface area contributed by atoms with Crippen LogP contribution in [0.25, 0.3) is 16.9 Å².